The summed E-state index contributed by atoms with van der Waals surface area (Å²) in [5, 5.41) is 14.8. The summed E-state index contributed by atoms with van der Waals surface area (Å²) in [6.45, 7) is 4.42. The van der Waals surface area contributed by atoms with Crippen LogP contribution in [0.4, 0.5) is 0 Å². The van der Waals surface area contributed by atoms with Crippen molar-refractivity contribution >= 4 is 0 Å². The molecule has 0 spiro atoms. The van der Waals surface area contributed by atoms with Crippen molar-refractivity contribution in [3.05, 3.63) is 48.3 Å². The first-order chi connectivity index (χ1) is 10.2. The molecule has 0 amide bonds. The van der Waals surface area contributed by atoms with Crippen molar-refractivity contribution in [3.63, 3.8) is 0 Å². The number of benzene rings is 1. The van der Waals surface area contributed by atoms with Crippen LogP contribution >= 0.6 is 0 Å². The normalized spacial score (nSPS) is 14.0. The van der Waals surface area contributed by atoms with Crippen LogP contribution in [-0.2, 0) is 0 Å². The number of aliphatic hydroxyl groups is 1. The van der Waals surface area contributed by atoms with Crippen LogP contribution < -0.4 is 0 Å². The maximum Gasteiger partial charge on any atom is 0.0823 e. The highest BCUT2D eigenvalue weighted by molar-refractivity contribution is 5.31. The van der Waals surface area contributed by atoms with E-state index >= 15 is 0 Å². The predicted molar refractivity (Wildman–Crippen MR) is 86.4 cm³/mol. The molecule has 2 aromatic rings. The molecule has 21 heavy (non-hydrogen) atoms. The maximum absolute atomic E-state index is 10.4. The Balaban J connectivity index is 2.00. The second-order valence-electron chi connectivity index (χ2n) is 5.72. The summed E-state index contributed by atoms with van der Waals surface area (Å²) in [4.78, 5) is 0. The van der Waals surface area contributed by atoms with Gasteiger partial charge in [-0.1, -0.05) is 57.7 Å². The van der Waals surface area contributed by atoms with Crippen molar-refractivity contribution in [3.8, 4) is 5.69 Å². The topological polar surface area (TPSA) is 38.1 Å². The van der Waals surface area contributed by atoms with Crippen LogP contribution in [0.5, 0.6) is 0 Å². The zero-order chi connectivity index (χ0) is 15.1. The average molecular weight is 286 g/mol. The number of nitrogens with zero attached hydrogens (tertiary/aromatic N) is 2. The van der Waals surface area contributed by atoms with Crippen molar-refractivity contribution in [2.75, 3.05) is 0 Å². The highest BCUT2D eigenvalue weighted by atomic mass is 16.3. The molecule has 3 heteroatoms. The molecule has 0 aliphatic carbocycles. The molecule has 0 saturated heterocycles. The highest BCUT2D eigenvalue weighted by Crippen LogP contribution is 2.26. The van der Waals surface area contributed by atoms with E-state index in [9.17, 15) is 5.11 Å². The van der Waals surface area contributed by atoms with Gasteiger partial charge in [0.25, 0.3) is 0 Å². The zero-order valence-electron chi connectivity index (χ0n) is 13.1. The van der Waals surface area contributed by atoms with Gasteiger partial charge in [0.2, 0.25) is 0 Å². The highest BCUT2D eigenvalue weighted by Gasteiger charge is 2.16. The fourth-order valence-corrected chi connectivity index (χ4v) is 2.66. The van der Waals surface area contributed by atoms with Crippen LogP contribution in [0.15, 0.2) is 42.7 Å². The van der Waals surface area contributed by atoms with E-state index in [1.807, 2.05) is 41.2 Å². The van der Waals surface area contributed by atoms with Crippen molar-refractivity contribution in [1.29, 1.82) is 0 Å². The van der Waals surface area contributed by atoms with Crippen LogP contribution in [0.1, 0.15) is 57.6 Å². The van der Waals surface area contributed by atoms with Gasteiger partial charge in [0.05, 0.1) is 18.0 Å². The smallest absolute Gasteiger partial charge is 0.0823 e. The van der Waals surface area contributed by atoms with Gasteiger partial charge >= 0.3 is 0 Å². The Labute approximate surface area is 127 Å². The third kappa shape index (κ3) is 4.43. The quantitative estimate of drug-likeness (QED) is 0.775. The molecule has 0 radical (unpaired) electrons. The van der Waals surface area contributed by atoms with Gasteiger partial charge in [-0.05, 0) is 24.5 Å². The number of hydrogen-bond donors (Lipinski definition) is 1. The van der Waals surface area contributed by atoms with E-state index in [2.05, 4.69) is 18.9 Å². The van der Waals surface area contributed by atoms with Gasteiger partial charge in [-0.2, -0.15) is 5.10 Å². The molecule has 1 aromatic carbocycles. The van der Waals surface area contributed by atoms with Crippen LogP contribution in [0, 0.1) is 5.92 Å². The molecule has 1 N–H and O–H groups in total. The molecular weight excluding hydrogens is 260 g/mol. The van der Waals surface area contributed by atoms with Crippen molar-refractivity contribution in [2.24, 2.45) is 5.92 Å². The molecule has 0 saturated carbocycles. The Morgan fingerprint density at radius 1 is 1.19 bits per heavy atom. The zero-order valence-corrected chi connectivity index (χ0v) is 13.1. The number of para-hydroxylation sites is 1. The molecule has 0 bridgehead atoms. The molecule has 1 aromatic heterocycles. The van der Waals surface area contributed by atoms with Crippen molar-refractivity contribution in [1.82, 2.24) is 9.78 Å². The van der Waals surface area contributed by atoms with E-state index < -0.39 is 6.10 Å². The monoisotopic (exact) mass is 286 g/mol. The molecule has 0 aliphatic heterocycles. The number of hydrogen-bond acceptors (Lipinski definition) is 2. The first kappa shape index (κ1) is 15.8. The minimum atomic E-state index is -0.413. The summed E-state index contributed by atoms with van der Waals surface area (Å²) in [6.07, 6.45) is 8.94. The predicted octanol–water partition coefficient (Wildman–Crippen LogP) is 4.51. The van der Waals surface area contributed by atoms with Gasteiger partial charge in [0.1, 0.15) is 0 Å². The molecule has 2 unspecified atom stereocenters. The largest absolute Gasteiger partial charge is 0.388 e. The SMILES string of the molecule is CCCCC(CC)CC(O)c1cnn(-c2ccccc2)c1. The fraction of sp³-hybridized carbons (Fsp3) is 0.500. The van der Waals surface area contributed by atoms with Gasteiger partial charge in [-0.3, -0.25) is 0 Å². The number of aliphatic hydroxyl groups excluding tert-OH is 1. The molecule has 0 aliphatic rings. The summed E-state index contributed by atoms with van der Waals surface area (Å²) < 4.78 is 1.82. The summed E-state index contributed by atoms with van der Waals surface area (Å²) in [7, 11) is 0. The summed E-state index contributed by atoms with van der Waals surface area (Å²) in [5.41, 5.74) is 1.93. The lowest BCUT2D eigenvalue weighted by Crippen LogP contribution is -2.06. The van der Waals surface area contributed by atoms with Gasteiger partial charge in [-0.25, -0.2) is 4.68 Å². The number of aromatic nitrogens is 2. The lowest BCUT2D eigenvalue weighted by atomic mass is 9.91. The van der Waals surface area contributed by atoms with Gasteiger partial charge in [0, 0.05) is 11.8 Å². The fourth-order valence-electron chi connectivity index (χ4n) is 2.66. The third-order valence-corrected chi connectivity index (χ3v) is 4.11. The van der Waals surface area contributed by atoms with Crippen molar-refractivity contribution < 1.29 is 5.11 Å². The Morgan fingerprint density at radius 2 is 1.95 bits per heavy atom. The molecule has 0 fully saturated rings. The van der Waals surface area contributed by atoms with E-state index in [1.54, 1.807) is 6.20 Å². The average Bonchev–Trinajstić information content (AvgIpc) is 3.02. The van der Waals surface area contributed by atoms with E-state index in [0.717, 1.165) is 24.1 Å². The van der Waals surface area contributed by atoms with Crippen LogP contribution in [0.3, 0.4) is 0 Å². The summed E-state index contributed by atoms with van der Waals surface area (Å²) >= 11 is 0. The molecule has 114 valence electrons. The Hall–Kier alpha value is -1.61. The van der Waals surface area contributed by atoms with Gasteiger partial charge < -0.3 is 5.11 Å². The van der Waals surface area contributed by atoms with Crippen LogP contribution in [0.2, 0.25) is 0 Å². The number of unbranched alkanes of at least 4 members (excludes halogenated alkanes) is 1. The van der Waals surface area contributed by atoms with Crippen LogP contribution in [-0.4, -0.2) is 14.9 Å². The molecule has 1 heterocycles. The summed E-state index contributed by atoms with van der Waals surface area (Å²) in [5.74, 6) is 0.597. The van der Waals surface area contributed by atoms with E-state index in [1.165, 1.54) is 19.3 Å². The maximum atomic E-state index is 10.4. The molecule has 2 atom stereocenters. The van der Waals surface area contributed by atoms with E-state index in [0.29, 0.717) is 5.92 Å². The minimum absolute atomic E-state index is 0.413. The molecular formula is C18H26N2O. The molecule has 2 rings (SSSR count). The Kier molecular flexibility index (Phi) is 6.00. The lowest BCUT2D eigenvalue weighted by molar-refractivity contribution is 0.139. The summed E-state index contributed by atoms with van der Waals surface area (Å²) in [6, 6.07) is 10.00. The third-order valence-electron chi connectivity index (χ3n) is 4.11. The standard InChI is InChI=1S/C18H26N2O/c1-3-5-9-15(4-2)12-18(21)16-13-19-20(14-16)17-10-7-6-8-11-17/h6-8,10-11,13-15,18,21H,3-5,9,12H2,1-2H3. The van der Waals surface area contributed by atoms with Crippen LogP contribution in [0.25, 0.3) is 5.69 Å². The van der Waals surface area contributed by atoms with Crippen molar-refractivity contribution in [2.45, 2.75) is 52.1 Å². The first-order valence-corrected chi connectivity index (χ1v) is 8.02. The minimum Gasteiger partial charge on any atom is -0.388 e. The second-order valence-corrected chi connectivity index (χ2v) is 5.72. The first-order valence-electron chi connectivity index (χ1n) is 8.02. The van der Waals surface area contributed by atoms with Gasteiger partial charge in [-0.15, -0.1) is 0 Å². The second kappa shape index (κ2) is 7.99. The number of rotatable bonds is 8. The van der Waals surface area contributed by atoms with Gasteiger partial charge in [0.15, 0.2) is 0 Å². The lowest BCUT2D eigenvalue weighted by Gasteiger charge is -2.17. The Morgan fingerprint density at radius 3 is 2.62 bits per heavy atom. The van der Waals surface area contributed by atoms with E-state index in [4.69, 9.17) is 0 Å². The molecule has 3 nitrogen and oxygen atoms in total. The van der Waals surface area contributed by atoms with E-state index in [-0.39, 0.29) is 0 Å². The Bertz CT molecular complexity index is 521.